The summed E-state index contributed by atoms with van der Waals surface area (Å²) in [6.45, 7) is 1.49. The summed E-state index contributed by atoms with van der Waals surface area (Å²) in [6.07, 6.45) is 3.65. The van der Waals surface area contributed by atoms with Crippen LogP contribution >= 0.6 is 0 Å². The zero-order valence-corrected chi connectivity index (χ0v) is 14.5. The molecule has 3 rings (SSSR count). The Hall–Kier alpha value is -1.69. The Bertz CT molecular complexity index is 775. The fourth-order valence-electron chi connectivity index (χ4n) is 3.15. The second kappa shape index (κ2) is 7.47. The summed E-state index contributed by atoms with van der Waals surface area (Å²) in [5.41, 5.74) is 7.72. The molecule has 0 saturated carbocycles. The van der Waals surface area contributed by atoms with E-state index in [1.54, 1.807) is 22.5 Å². The lowest BCUT2D eigenvalue weighted by atomic mass is 9.92. The largest absolute Gasteiger partial charge is 0.330 e. The molecule has 1 fully saturated rings. The third-order valence-corrected chi connectivity index (χ3v) is 6.28. The van der Waals surface area contributed by atoms with E-state index in [-0.39, 0.29) is 5.92 Å². The molecule has 2 aromatic rings. The van der Waals surface area contributed by atoms with E-state index in [1.807, 2.05) is 24.3 Å². The van der Waals surface area contributed by atoms with Crippen LogP contribution < -0.4 is 5.73 Å². The van der Waals surface area contributed by atoms with E-state index in [9.17, 15) is 8.42 Å². The van der Waals surface area contributed by atoms with Crippen LogP contribution in [0.1, 0.15) is 23.5 Å². The molecule has 1 atom stereocenters. The van der Waals surface area contributed by atoms with Gasteiger partial charge >= 0.3 is 0 Å². The van der Waals surface area contributed by atoms with Crippen LogP contribution in [0, 0.1) is 6.42 Å². The minimum absolute atomic E-state index is 0.210. The number of sulfonamides is 1. The maximum absolute atomic E-state index is 13.0. The molecule has 0 amide bonds. The van der Waals surface area contributed by atoms with E-state index in [0.717, 1.165) is 12.0 Å². The van der Waals surface area contributed by atoms with Gasteiger partial charge in [-0.2, -0.15) is 4.31 Å². The molecule has 1 radical (unpaired) electrons. The van der Waals surface area contributed by atoms with Crippen LogP contribution in [0.3, 0.4) is 0 Å². The van der Waals surface area contributed by atoms with Gasteiger partial charge in [0.05, 0.1) is 4.90 Å². The Morgan fingerprint density at radius 3 is 2.62 bits per heavy atom. The monoisotopic (exact) mass is 343 g/mol. The molecule has 24 heavy (non-hydrogen) atoms. The van der Waals surface area contributed by atoms with Crippen molar-refractivity contribution >= 4 is 10.0 Å². The first-order valence-corrected chi connectivity index (χ1v) is 9.71. The lowest BCUT2D eigenvalue weighted by molar-refractivity contribution is 0.360. The molecule has 4 nitrogen and oxygen atoms in total. The average molecular weight is 343 g/mol. The molecule has 1 unspecified atom stereocenters. The number of piperidine rings is 1. The minimum atomic E-state index is -3.48. The highest BCUT2D eigenvalue weighted by molar-refractivity contribution is 7.89. The number of nitrogens with two attached hydrogens (primary N) is 1. The molecule has 2 N–H and O–H groups in total. The second-order valence-electron chi connectivity index (χ2n) is 6.14. The van der Waals surface area contributed by atoms with Crippen LogP contribution in [0.5, 0.6) is 0 Å². The first-order chi connectivity index (χ1) is 11.6. The van der Waals surface area contributed by atoms with Crippen molar-refractivity contribution in [3.05, 3.63) is 72.1 Å². The summed E-state index contributed by atoms with van der Waals surface area (Å²) in [4.78, 5) is 0.357. The number of rotatable bonds is 5. The molecule has 1 saturated heterocycles. The number of benzene rings is 2. The Balaban J connectivity index is 1.83. The van der Waals surface area contributed by atoms with E-state index in [2.05, 4.69) is 18.6 Å². The number of hydrogen-bond acceptors (Lipinski definition) is 3. The second-order valence-corrected chi connectivity index (χ2v) is 8.08. The summed E-state index contributed by atoms with van der Waals surface area (Å²) in [6, 6.07) is 17.2. The third kappa shape index (κ3) is 3.69. The lowest BCUT2D eigenvalue weighted by Gasteiger charge is -2.32. The van der Waals surface area contributed by atoms with Gasteiger partial charge in [0.25, 0.3) is 0 Å². The summed E-state index contributed by atoms with van der Waals surface area (Å²) in [5.74, 6) is 0.210. The minimum Gasteiger partial charge on any atom is -0.330 e. The molecule has 1 heterocycles. The molecule has 2 aromatic carbocycles. The fourth-order valence-corrected chi connectivity index (χ4v) is 4.68. The summed E-state index contributed by atoms with van der Waals surface area (Å²) < 4.78 is 27.6. The van der Waals surface area contributed by atoms with Gasteiger partial charge in [-0.25, -0.2) is 8.42 Å². The highest BCUT2D eigenvalue weighted by atomic mass is 32.2. The number of nitrogens with zero attached hydrogens (tertiary/aromatic N) is 1. The smallest absolute Gasteiger partial charge is 0.243 e. The standard InChI is InChI=1S/C19H23N2O2S/c20-12-11-16-6-4-10-19(14-16)24(22,23)21-13-5-9-18(15-21)17-7-2-1-3-8-17/h1-8,10,14,18H,9,11-13,15,20H2. The van der Waals surface area contributed by atoms with Crippen molar-refractivity contribution in [2.75, 3.05) is 19.6 Å². The van der Waals surface area contributed by atoms with Gasteiger partial charge in [0.1, 0.15) is 0 Å². The van der Waals surface area contributed by atoms with Crippen molar-refractivity contribution in [3.63, 3.8) is 0 Å². The Morgan fingerprint density at radius 2 is 1.88 bits per heavy atom. The molecular formula is C19H23N2O2S. The fraction of sp³-hybridized carbons (Fsp3) is 0.316. The van der Waals surface area contributed by atoms with Crippen molar-refractivity contribution < 1.29 is 8.42 Å². The topological polar surface area (TPSA) is 63.4 Å². The van der Waals surface area contributed by atoms with E-state index in [4.69, 9.17) is 5.73 Å². The van der Waals surface area contributed by atoms with E-state index < -0.39 is 10.0 Å². The molecule has 0 aromatic heterocycles. The van der Waals surface area contributed by atoms with Gasteiger partial charge in [0.2, 0.25) is 10.0 Å². The van der Waals surface area contributed by atoms with E-state index >= 15 is 0 Å². The van der Waals surface area contributed by atoms with Gasteiger partial charge in [0, 0.05) is 13.1 Å². The molecule has 0 aliphatic carbocycles. The first-order valence-electron chi connectivity index (χ1n) is 8.27. The van der Waals surface area contributed by atoms with Crippen molar-refractivity contribution in [2.45, 2.75) is 23.7 Å². The Morgan fingerprint density at radius 1 is 1.08 bits per heavy atom. The van der Waals surface area contributed by atoms with Gasteiger partial charge in [0.15, 0.2) is 0 Å². The normalized spacial score (nSPS) is 19.3. The number of hydrogen-bond donors (Lipinski definition) is 1. The van der Waals surface area contributed by atoms with E-state index in [0.29, 0.717) is 31.0 Å². The third-order valence-electron chi connectivity index (χ3n) is 4.45. The van der Waals surface area contributed by atoms with Gasteiger partial charge in [-0.3, -0.25) is 0 Å². The molecule has 1 aliphatic heterocycles. The maximum atomic E-state index is 13.0. The summed E-state index contributed by atoms with van der Waals surface area (Å²) in [5, 5.41) is 0. The van der Waals surface area contributed by atoms with Crippen LogP contribution in [0.4, 0.5) is 0 Å². The van der Waals surface area contributed by atoms with E-state index in [1.165, 1.54) is 5.56 Å². The first kappa shape index (κ1) is 17.1. The Labute approximate surface area is 144 Å². The van der Waals surface area contributed by atoms with Gasteiger partial charge in [-0.05, 0) is 55.0 Å². The SMILES string of the molecule is NCCc1cccc(S(=O)(=O)N2C[CH]CC(c3ccccc3)C2)c1. The zero-order valence-electron chi connectivity index (χ0n) is 13.6. The predicted molar refractivity (Wildman–Crippen MR) is 96.1 cm³/mol. The van der Waals surface area contributed by atoms with Crippen LogP contribution in [-0.4, -0.2) is 32.4 Å². The summed E-state index contributed by atoms with van der Waals surface area (Å²) >= 11 is 0. The van der Waals surface area contributed by atoms with Crippen molar-refractivity contribution in [3.8, 4) is 0 Å². The Kier molecular flexibility index (Phi) is 5.33. The quantitative estimate of drug-likeness (QED) is 0.907. The molecule has 1 aliphatic rings. The van der Waals surface area contributed by atoms with Crippen LogP contribution in [0.25, 0.3) is 0 Å². The lowest BCUT2D eigenvalue weighted by Crippen LogP contribution is -2.39. The van der Waals surface area contributed by atoms with Gasteiger partial charge < -0.3 is 5.73 Å². The molecular weight excluding hydrogens is 320 g/mol. The molecule has 127 valence electrons. The highest BCUT2D eigenvalue weighted by Crippen LogP contribution is 2.29. The van der Waals surface area contributed by atoms with Crippen LogP contribution in [-0.2, 0) is 16.4 Å². The molecule has 5 heteroatoms. The molecule has 0 spiro atoms. The summed E-state index contributed by atoms with van der Waals surface area (Å²) in [7, 11) is -3.48. The zero-order chi connectivity index (χ0) is 17.0. The van der Waals surface area contributed by atoms with Crippen LogP contribution in [0.2, 0.25) is 0 Å². The van der Waals surface area contributed by atoms with Crippen LogP contribution in [0.15, 0.2) is 59.5 Å². The average Bonchev–Trinajstić information content (AvgIpc) is 2.63. The maximum Gasteiger partial charge on any atom is 0.243 e. The highest BCUT2D eigenvalue weighted by Gasteiger charge is 2.31. The van der Waals surface area contributed by atoms with Gasteiger partial charge in [-0.1, -0.05) is 42.5 Å². The van der Waals surface area contributed by atoms with Crippen molar-refractivity contribution in [2.24, 2.45) is 5.73 Å². The molecule has 0 bridgehead atoms. The predicted octanol–water partition coefficient (Wildman–Crippen LogP) is 2.57. The van der Waals surface area contributed by atoms with Crippen molar-refractivity contribution in [1.29, 1.82) is 0 Å². The van der Waals surface area contributed by atoms with Crippen molar-refractivity contribution in [1.82, 2.24) is 4.31 Å². The van der Waals surface area contributed by atoms with Gasteiger partial charge in [-0.15, -0.1) is 0 Å².